The maximum atomic E-state index is 11.5. The third-order valence-electron chi connectivity index (χ3n) is 2.49. The highest BCUT2D eigenvalue weighted by Crippen LogP contribution is 2.30. The number of anilines is 1. The number of carbonyl (C=O) groups is 1. The van der Waals surface area contributed by atoms with E-state index >= 15 is 0 Å². The number of methoxy groups -OCH3 is 1. The van der Waals surface area contributed by atoms with Crippen molar-refractivity contribution in [3.63, 3.8) is 0 Å². The third-order valence-corrected chi connectivity index (χ3v) is 3.69. The average molecular weight is 300 g/mol. The van der Waals surface area contributed by atoms with E-state index in [1.807, 2.05) is 32.8 Å². The molecule has 0 aliphatic carbocycles. The van der Waals surface area contributed by atoms with Crippen LogP contribution in [0, 0.1) is 0 Å². The van der Waals surface area contributed by atoms with Gasteiger partial charge >= 0.3 is 0 Å². The largest absolute Gasteiger partial charge is 0.480 e. The zero-order valence-electron chi connectivity index (χ0n) is 12.8. The molecule has 0 unspecified atom stereocenters. The van der Waals surface area contributed by atoms with Crippen LogP contribution in [0.15, 0.2) is 0 Å². The number of thiazole rings is 1. The van der Waals surface area contributed by atoms with Gasteiger partial charge in [-0.1, -0.05) is 11.3 Å². The van der Waals surface area contributed by atoms with Crippen molar-refractivity contribution >= 4 is 22.4 Å². The molecule has 0 atom stereocenters. The average Bonchev–Trinajstić information content (AvgIpc) is 2.77. The molecule has 2 N–H and O–H groups in total. The predicted octanol–water partition coefficient (Wildman–Crippen LogP) is 1.22. The fourth-order valence-electron chi connectivity index (χ4n) is 1.59. The monoisotopic (exact) mass is 300 g/mol. The molecular formula is C13H24N4O2S. The normalized spacial score (nSPS) is 10.7. The van der Waals surface area contributed by atoms with Crippen molar-refractivity contribution in [1.29, 1.82) is 0 Å². The number of hydrogen-bond donors (Lipinski definition) is 2. The first-order valence-electron chi connectivity index (χ1n) is 6.65. The summed E-state index contributed by atoms with van der Waals surface area (Å²) in [6.45, 7) is 5.20. The number of ether oxygens (including phenoxy) is 1. The first kappa shape index (κ1) is 16.7. The third kappa shape index (κ3) is 5.34. The number of amides is 1. The Labute approximate surface area is 124 Å². The summed E-state index contributed by atoms with van der Waals surface area (Å²) in [5, 5.41) is 7.02. The lowest BCUT2D eigenvalue weighted by Gasteiger charge is -2.08. The standard InChI is InChI=1S/C13H24N4O2S/c1-9(2)15-11(18)6-7-14-8-10-12(19-5)16-13(20-10)17(3)4/h9,14H,6-8H2,1-5H3,(H,15,18). The van der Waals surface area contributed by atoms with Crippen molar-refractivity contribution in [2.45, 2.75) is 32.9 Å². The van der Waals surface area contributed by atoms with Crippen LogP contribution < -0.4 is 20.3 Å². The molecule has 1 amide bonds. The smallest absolute Gasteiger partial charge is 0.230 e. The number of rotatable bonds is 8. The molecule has 1 rings (SSSR count). The Hall–Kier alpha value is -1.34. The summed E-state index contributed by atoms with van der Waals surface area (Å²) in [6, 6.07) is 0.187. The second-order valence-electron chi connectivity index (χ2n) is 4.97. The first-order chi connectivity index (χ1) is 9.43. The van der Waals surface area contributed by atoms with Crippen LogP contribution in [0.1, 0.15) is 25.1 Å². The zero-order valence-corrected chi connectivity index (χ0v) is 13.6. The summed E-state index contributed by atoms with van der Waals surface area (Å²) >= 11 is 1.59. The van der Waals surface area contributed by atoms with Crippen LogP contribution in [0.4, 0.5) is 5.13 Å². The van der Waals surface area contributed by atoms with Crippen molar-refractivity contribution in [2.75, 3.05) is 32.6 Å². The topological polar surface area (TPSA) is 66.5 Å². The van der Waals surface area contributed by atoms with Gasteiger partial charge in [0.2, 0.25) is 11.8 Å². The van der Waals surface area contributed by atoms with Gasteiger partial charge in [0.25, 0.3) is 0 Å². The number of carbonyl (C=O) groups excluding carboxylic acids is 1. The highest BCUT2D eigenvalue weighted by atomic mass is 32.1. The molecule has 1 aromatic rings. The van der Waals surface area contributed by atoms with Crippen molar-refractivity contribution in [3.05, 3.63) is 4.88 Å². The van der Waals surface area contributed by atoms with Crippen LogP contribution in [0.3, 0.4) is 0 Å². The van der Waals surface area contributed by atoms with E-state index in [0.29, 0.717) is 25.4 Å². The molecule has 0 saturated carbocycles. The molecule has 0 saturated heterocycles. The molecular weight excluding hydrogens is 276 g/mol. The molecule has 1 heterocycles. The van der Waals surface area contributed by atoms with Gasteiger partial charge in [0.05, 0.1) is 12.0 Å². The second kappa shape index (κ2) is 8.06. The molecule has 20 heavy (non-hydrogen) atoms. The summed E-state index contributed by atoms with van der Waals surface area (Å²) in [5.41, 5.74) is 0. The van der Waals surface area contributed by atoms with Crippen molar-refractivity contribution in [3.8, 4) is 5.88 Å². The molecule has 1 aromatic heterocycles. The first-order valence-corrected chi connectivity index (χ1v) is 7.46. The number of hydrogen-bond acceptors (Lipinski definition) is 6. The summed E-state index contributed by atoms with van der Waals surface area (Å²) in [4.78, 5) is 18.9. The number of aromatic nitrogens is 1. The number of nitrogens with one attached hydrogen (secondary N) is 2. The minimum atomic E-state index is 0.0674. The lowest BCUT2D eigenvalue weighted by Crippen LogP contribution is -2.32. The van der Waals surface area contributed by atoms with E-state index in [0.717, 1.165) is 10.0 Å². The maximum Gasteiger partial charge on any atom is 0.230 e. The minimum absolute atomic E-state index is 0.0674. The SMILES string of the molecule is COc1nc(N(C)C)sc1CNCCC(=O)NC(C)C. The Morgan fingerprint density at radius 1 is 1.45 bits per heavy atom. The molecule has 0 fully saturated rings. The highest BCUT2D eigenvalue weighted by Gasteiger charge is 2.12. The summed E-state index contributed by atoms with van der Waals surface area (Å²) in [7, 11) is 5.52. The van der Waals surface area contributed by atoms with Gasteiger partial charge in [0.15, 0.2) is 5.13 Å². The lowest BCUT2D eigenvalue weighted by molar-refractivity contribution is -0.121. The Morgan fingerprint density at radius 3 is 2.70 bits per heavy atom. The molecule has 0 spiro atoms. The number of nitrogens with zero attached hydrogens (tertiary/aromatic N) is 2. The van der Waals surface area contributed by atoms with E-state index in [9.17, 15) is 4.79 Å². The molecule has 6 nitrogen and oxygen atoms in total. The van der Waals surface area contributed by atoms with Gasteiger partial charge in [0.1, 0.15) is 0 Å². The summed E-state index contributed by atoms with van der Waals surface area (Å²) in [6.07, 6.45) is 0.472. The molecule has 0 aliphatic rings. The van der Waals surface area contributed by atoms with Crippen molar-refractivity contribution < 1.29 is 9.53 Å². The predicted molar refractivity (Wildman–Crippen MR) is 82.6 cm³/mol. The Morgan fingerprint density at radius 2 is 2.15 bits per heavy atom. The van der Waals surface area contributed by atoms with Crippen LogP contribution in [0.2, 0.25) is 0 Å². The van der Waals surface area contributed by atoms with Crippen LogP contribution in [0.5, 0.6) is 5.88 Å². The molecule has 0 aliphatic heterocycles. The van der Waals surface area contributed by atoms with E-state index in [1.54, 1.807) is 18.4 Å². The Bertz CT molecular complexity index is 432. The fraction of sp³-hybridized carbons (Fsp3) is 0.692. The fourth-order valence-corrected chi connectivity index (χ4v) is 2.51. The van der Waals surface area contributed by atoms with Gasteiger partial charge in [-0.15, -0.1) is 0 Å². The lowest BCUT2D eigenvalue weighted by atomic mass is 10.3. The van der Waals surface area contributed by atoms with E-state index in [-0.39, 0.29) is 11.9 Å². The van der Waals surface area contributed by atoms with Crippen molar-refractivity contribution in [2.24, 2.45) is 0 Å². The van der Waals surface area contributed by atoms with Gasteiger partial charge in [-0.05, 0) is 13.8 Å². The molecule has 0 bridgehead atoms. The molecule has 0 aromatic carbocycles. The second-order valence-corrected chi connectivity index (χ2v) is 6.03. The molecule has 0 radical (unpaired) electrons. The van der Waals surface area contributed by atoms with Gasteiger partial charge < -0.3 is 20.3 Å². The van der Waals surface area contributed by atoms with Crippen LogP contribution in [-0.4, -0.2) is 44.7 Å². The summed E-state index contributed by atoms with van der Waals surface area (Å²) in [5.74, 6) is 0.718. The van der Waals surface area contributed by atoms with Gasteiger partial charge in [-0.25, -0.2) is 0 Å². The summed E-state index contributed by atoms with van der Waals surface area (Å²) < 4.78 is 5.26. The maximum absolute atomic E-state index is 11.5. The highest BCUT2D eigenvalue weighted by molar-refractivity contribution is 7.15. The molecule has 7 heteroatoms. The van der Waals surface area contributed by atoms with Crippen LogP contribution in [-0.2, 0) is 11.3 Å². The minimum Gasteiger partial charge on any atom is -0.480 e. The van der Waals surface area contributed by atoms with Gasteiger partial charge in [-0.2, -0.15) is 4.98 Å². The van der Waals surface area contributed by atoms with E-state index < -0.39 is 0 Å². The van der Waals surface area contributed by atoms with Crippen LogP contribution in [0.25, 0.3) is 0 Å². The quantitative estimate of drug-likeness (QED) is 0.707. The van der Waals surface area contributed by atoms with Crippen molar-refractivity contribution in [1.82, 2.24) is 15.6 Å². The molecule has 114 valence electrons. The Balaban J connectivity index is 2.40. The van der Waals surface area contributed by atoms with Gasteiger partial charge in [0, 0.05) is 39.6 Å². The van der Waals surface area contributed by atoms with Gasteiger partial charge in [-0.3, -0.25) is 4.79 Å². The zero-order chi connectivity index (χ0) is 15.1. The van der Waals surface area contributed by atoms with Crippen LogP contribution >= 0.6 is 11.3 Å². The van der Waals surface area contributed by atoms with E-state index in [4.69, 9.17) is 4.74 Å². The Kier molecular flexibility index (Phi) is 6.74. The van der Waals surface area contributed by atoms with E-state index in [1.165, 1.54) is 0 Å². The van der Waals surface area contributed by atoms with E-state index in [2.05, 4.69) is 15.6 Å².